The Morgan fingerprint density at radius 2 is 2.09 bits per heavy atom. The average molecular weight is 304 g/mol. The van der Waals surface area contributed by atoms with Gasteiger partial charge in [0.05, 0.1) is 0 Å². The molecule has 1 aliphatic carbocycles. The van der Waals surface area contributed by atoms with Crippen molar-refractivity contribution in [3.05, 3.63) is 22.2 Å². The van der Waals surface area contributed by atoms with Crippen LogP contribution in [-0.4, -0.2) is 29.1 Å². The van der Waals surface area contributed by atoms with Crippen molar-refractivity contribution in [2.75, 3.05) is 18.0 Å². The molecule has 1 saturated heterocycles. The quantitative estimate of drug-likeness (QED) is 0.878. The van der Waals surface area contributed by atoms with Crippen LogP contribution in [0.2, 0.25) is 0 Å². The Morgan fingerprint density at radius 1 is 1.41 bits per heavy atom. The molecule has 1 aliphatic heterocycles. The van der Waals surface area contributed by atoms with Crippen molar-refractivity contribution in [2.45, 2.75) is 58.4 Å². The molecule has 2 fully saturated rings. The van der Waals surface area contributed by atoms with E-state index in [1.807, 2.05) is 0 Å². The standard InChI is InChI=1S/C17H28N4O/c1-11(2)13-10-19-15(16(22)20-13)21-6-4-17(5-7-21)9-12(3)8-14(17)18/h10-12,14H,4-9,18H2,1-3H3,(H,20,22)/t12-,14+/m0/s1. The van der Waals surface area contributed by atoms with Crippen LogP contribution < -0.4 is 16.2 Å². The van der Waals surface area contributed by atoms with E-state index >= 15 is 0 Å². The van der Waals surface area contributed by atoms with E-state index in [1.165, 1.54) is 6.42 Å². The fraction of sp³-hybridized carbons (Fsp3) is 0.765. The highest BCUT2D eigenvalue weighted by Crippen LogP contribution is 2.48. The average Bonchev–Trinajstić information content (AvgIpc) is 2.74. The summed E-state index contributed by atoms with van der Waals surface area (Å²) in [5.41, 5.74) is 7.53. The molecule has 3 N–H and O–H groups in total. The molecule has 5 nitrogen and oxygen atoms in total. The van der Waals surface area contributed by atoms with Crippen molar-refractivity contribution in [2.24, 2.45) is 17.1 Å². The van der Waals surface area contributed by atoms with Gasteiger partial charge in [0.1, 0.15) is 0 Å². The molecule has 22 heavy (non-hydrogen) atoms. The number of nitrogens with two attached hydrogens (primary N) is 1. The van der Waals surface area contributed by atoms with Gasteiger partial charge in [-0.2, -0.15) is 0 Å². The van der Waals surface area contributed by atoms with Crippen LogP contribution in [0.3, 0.4) is 0 Å². The first-order chi connectivity index (χ1) is 10.4. The second kappa shape index (κ2) is 5.69. The third kappa shape index (κ3) is 2.67. The summed E-state index contributed by atoms with van der Waals surface area (Å²) in [6.45, 7) is 8.19. The van der Waals surface area contributed by atoms with Crippen LogP contribution in [0, 0.1) is 11.3 Å². The van der Waals surface area contributed by atoms with E-state index < -0.39 is 0 Å². The number of rotatable bonds is 2. The Kier molecular flexibility index (Phi) is 4.02. The lowest BCUT2D eigenvalue weighted by molar-refractivity contribution is 0.192. The molecular formula is C17H28N4O. The third-order valence-electron chi connectivity index (χ3n) is 5.67. The van der Waals surface area contributed by atoms with Crippen molar-refractivity contribution in [3.63, 3.8) is 0 Å². The maximum atomic E-state index is 12.3. The fourth-order valence-electron chi connectivity index (χ4n) is 4.28. The Balaban J connectivity index is 1.73. The minimum atomic E-state index is -0.0637. The number of hydrogen-bond donors (Lipinski definition) is 2. The zero-order chi connectivity index (χ0) is 15.9. The van der Waals surface area contributed by atoms with Gasteiger partial charge in [-0.15, -0.1) is 0 Å². The van der Waals surface area contributed by atoms with Gasteiger partial charge in [0, 0.05) is 31.0 Å². The molecule has 2 atom stereocenters. The molecule has 1 aromatic heterocycles. The second-order valence-electron chi connectivity index (χ2n) is 7.65. The third-order valence-corrected chi connectivity index (χ3v) is 5.67. The molecule has 0 radical (unpaired) electrons. The summed E-state index contributed by atoms with van der Waals surface area (Å²) in [6, 6.07) is 0.319. The smallest absolute Gasteiger partial charge is 0.291 e. The summed E-state index contributed by atoms with van der Waals surface area (Å²) in [7, 11) is 0. The number of nitrogens with zero attached hydrogens (tertiary/aromatic N) is 2. The summed E-state index contributed by atoms with van der Waals surface area (Å²) in [6.07, 6.45) is 6.33. The topological polar surface area (TPSA) is 75.0 Å². The van der Waals surface area contributed by atoms with Gasteiger partial charge in [0.15, 0.2) is 5.82 Å². The Hall–Kier alpha value is -1.36. The highest BCUT2D eigenvalue weighted by atomic mass is 16.1. The largest absolute Gasteiger partial charge is 0.352 e. The van der Waals surface area contributed by atoms with Crippen LogP contribution in [0.15, 0.2) is 11.0 Å². The lowest BCUT2D eigenvalue weighted by Gasteiger charge is -2.42. The fourth-order valence-corrected chi connectivity index (χ4v) is 4.28. The van der Waals surface area contributed by atoms with Gasteiger partial charge in [0.25, 0.3) is 5.56 Å². The van der Waals surface area contributed by atoms with Gasteiger partial charge in [-0.3, -0.25) is 4.79 Å². The molecule has 1 aromatic rings. The number of aromatic nitrogens is 2. The molecule has 122 valence electrons. The molecule has 1 saturated carbocycles. The molecule has 2 aliphatic rings. The molecule has 0 aromatic carbocycles. The molecule has 5 heteroatoms. The summed E-state index contributed by atoms with van der Waals surface area (Å²) in [5.74, 6) is 1.59. The van der Waals surface area contributed by atoms with Gasteiger partial charge < -0.3 is 15.6 Å². The maximum Gasteiger partial charge on any atom is 0.291 e. The summed E-state index contributed by atoms with van der Waals surface area (Å²) < 4.78 is 0. The minimum absolute atomic E-state index is 0.0637. The minimum Gasteiger partial charge on any atom is -0.352 e. The number of hydrogen-bond acceptors (Lipinski definition) is 4. The van der Waals surface area contributed by atoms with Gasteiger partial charge in [-0.25, -0.2) is 4.98 Å². The van der Waals surface area contributed by atoms with Crippen LogP contribution in [0.4, 0.5) is 5.82 Å². The van der Waals surface area contributed by atoms with Gasteiger partial charge in [0.2, 0.25) is 0 Å². The Morgan fingerprint density at radius 3 is 2.59 bits per heavy atom. The lowest BCUT2D eigenvalue weighted by Crippen LogP contribution is -2.48. The highest BCUT2D eigenvalue weighted by Gasteiger charge is 2.45. The molecule has 0 amide bonds. The van der Waals surface area contributed by atoms with Crippen molar-refractivity contribution in [1.82, 2.24) is 9.97 Å². The van der Waals surface area contributed by atoms with Crippen LogP contribution in [-0.2, 0) is 0 Å². The molecule has 3 rings (SSSR count). The highest BCUT2D eigenvalue weighted by molar-refractivity contribution is 5.37. The lowest BCUT2D eigenvalue weighted by atomic mass is 9.74. The molecule has 1 spiro atoms. The van der Waals surface area contributed by atoms with E-state index in [9.17, 15) is 4.79 Å². The van der Waals surface area contributed by atoms with Crippen molar-refractivity contribution in [1.29, 1.82) is 0 Å². The van der Waals surface area contributed by atoms with E-state index in [0.29, 0.717) is 17.3 Å². The predicted octanol–water partition coefficient (Wildman–Crippen LogP) is 2.24. The normalized spacial score (nSPS) is 27.8. The SMILES string of the molecule is CC(C)c1cnc(N2CCC3(CC2)C[C@@H](C)C[C@H]3N)c(=O)[nH]1. The van der Waals surface area contributed by atoms with Gasteiger partial charge in [-0.1, -0.05) is 20.8 Å². The number of nitrogens with one attached hydrogen (secondary N) is 1. The zero-order valence-corrected chi connectivity index (χ0v) is 13.9. The van der Waals surface area contributed by atoms with Gasteiger partial charge in [-0.05, 0) is 42.9 Å². The molecule has 2 heterocycles. The summed E-state index contributed by atoms with van der Waals surface area (Å²) >= 11 is 0. The monoisotopic (exact) mass is 304 g/mol. The number of anilines is 1. The number of H-pyrrole nitrogens is 1. The van der Waals surface area contributed by atoms with Crippen molar-refractivity contribution in [3.8, 4) is 0 Å². The predicted molar refractivity (Wildman–Crippen MR) is 89.2 cm³/mol. The van der Waals surface area contributed by atoms with E-state index in [-0.39, 0.29) is 11.5 Å². The first-order valence-corrected chi connectivity index (χ1v) is 8.51. The Bertz CT molecular complexity index is 587. The maximum absolute atomic E-state index is 12.3. The number of aromatic amines is 1. The second-order valence-corrected chi connectivity index (χ2v) is 7.65. The zero-order valence-electron chi connectivity index (χ0n) is 13.9. The van der Waals surface area contributed by atoms with Crippen LogP contribution in [0.1, 0.15) is 58.1 Å². The summed E-state index contributed by atoms with van der Waals surface area (Å²) in [5, 5.41) is 0. The molecule has 0 bridgehead atoms. The number of piperidine rings is 1. The summed E-state index contributed by atoms with van der Waals surface area (Å²) in [4.78, 5) is 21.8. The van der Waals surface area contributed by atoms with Gasteiger partial charge >= 0.3 is 0 Å². The van der Waals surface area contributed by atoms with Crippen LogP contribution >= 0.6 is 0 Å². The van der Waals surface area contributed by atoms with E-state index in [2.05, 4.69) is 35.6 Å². The van der Waals surface area contributed by atoms with E-state index in [4.69, 9.17) is 5.73 Å². The first kappa shape index (κ1) is 15.5. The van der Waals surface area contributed by atoms with Crippen molar-refractivity contribution >= 4 is 5.82 Å². The van der Waals surface area contributed by atoms with Crippen LogP contribution in [0.5, 0.6) is 0 Å². The molecule has 0 unspecified atom stereocenters. The Labute approximate surface area is 132 Å². The van der Waals surface area contributed by atoms with E-state index in [1.54, 1.807) is 6.20 Å². The van der Waals surface area contributed by atoms with E-state index in [0.717, 1.165) is 44.0 Å². The van der Waals surface area contributed by atoms with Crippen molar-refractivity contribution < 1.29 is 0 Å². The molecular weight excluding hydrogens is 276 g/mol. The first-order valence-electron chi connectivity index (χ1n) is 8.51. The van der Waals surface area contributed by atoms with Crippen LogP contribution in [0.25, 0.3) is 0 Å².